The number of aryl methyl sites for hydroxylation is 1. The SMILES string of the molecule is CCc1nc(Cl)c(C)c(SCc2ccccc2)n1. The van der Waals surface area contributed by atoms with Crippen molar-refractivity contribution in [2.24, 2.45) is 0 Å². The van der Waals surface area contributed by atoms with Crippen molar-refractivity contribution in [2.45, 2.75) is 31.0 Å². The van der Waals surface area contributed by atoms with Crippen LogP contribution < -0.4 is 0 Å². The summed E-state index contributed by atoms with van der Waals surface area (Å²) in [6, 6.07) is 10.4. The third-order valence-electron chi connectivity index (χ3n) is 2.62. The summed E-state index contributed by atoms with van der Waals surface area (Å²) in [5, 5.41) is 1.55. The van der Waals surface area contributed by atoms with Crippen LogP contribution in [0.4, 0.5) is 0 Å². The van der Waals surface area contributed by atoms with Crippen molar-refractivity contribution in [1.29, 1.82) is 0 Å². The molecule has 1 aromatic heterocycles. The second-order valence-electron chi connectivity index (χ2n) is 3.99. The molecule has 94 valence electrons. The second-order valence-corrected chi connectivity index (χ2v) is 5.31. The van der Waals surface area contributed by atoms with Crippen molar-refractivity contribution in [3.05, 3.63) is 52.4 Å². The number of halogens is 1. The normalized spacial score (nSPS) is 10.6. The molecule has 0 amide bonds. The van der Waals surface area contributed by atoms with Gasteiger partial charge in [0.15, 0.2) is 0 Å². The monoisotopic (exact) mass is 278 g/mol. The zero-order chi connectivity index (χ0) is 13.0. The highest BCUT2D eigenvalue weighted by Crippen LogP contribution is 2.27. The van der Waals surface area contributed by atoms with E-state index in [1.165, 1.54) is 5.56 Å². The average molecular weight is 279 g/mol. The summed E-state index contributed by atoms with van der Waals surface area (Å²) in [5.74, 6) is 1.71. The fraction of sp³-hybridized carbons (Fsp3) is 0.286. The fourth-order valence-corrected chi connectivity index (χ4v) is 2.76. The fourth-order valence-electron chi connectivity index (χ4n) is 1.54. The van der Waals surface area contributed by atoms with Crippen LogP contribution in [-0.2, 0) is 12.2 Å². The van der Waals surface area contributed by atoms with E-state index < -0.39 is 0 Å². The van der Waals surface area contributed by atoms with Gasteiger partial charge in [-0.2, -0.15) is 0 Å². The third kappa shape index (κ3) is 3.24. The Kier molecular flexibility index (Phi) is 4.61. The average Bonchev–Trinajstić information content (AvgIpc) is 2.41. The number of nitrogens with zero attached hydrogens (tertiary/aromatic N) is 2. The summed E-state index contributed by atoms with van der Waals surface area (Å²) >= 11 is 7.82. The smallest absolute Gasteiger partial charge is 0.136 e. The molecule has 0 spiro atoms. The molecule has 0 fully saturated rings. The minimum absolute atomic E-state index is 0.567. The van der Waals surface area contributed by atoms with E-state index in [1.807, 2.05) is 32.0 Å². The maximum Gasteiger partial charge on any atom is 0.136 e. The quantitative estimate of drug-likeness (QED) is 0.616. The number of rotatable bonds is 4. The Morgan fingerprint density at radius 2 is 1.89 bits per heavy atom. The molecule has 0 aliphatic rings. The molecule has 0 unspecified atom stereocenters. The molecule has 2 rings (SSSR count). The highest BCUT2D eigenvalue weighted by molar-refractivity contribution is 7.98. The molecule has 0 atom stereocenters. The molecule has 1 heterocycles. The zero-order valence-electron chi connectivity index (χ0n) is 10.5. The van der Waals surface area contributed by atoms with Gasteiger partial charge in [0, 0.05) is 17.7 Å². The van der Waals surface area contributed by atoms with Crippen LogP contribution in [-0.4, -0.2) is 9.97 Å². The molecule has 1 aromatic carbocycles. The lowest BCUT2D eigenvalue weighted by Crippen LogP contribution is -1.98. The van der Waals surface area contributed by atoms with Crippen LogP contribution in [0.2, 0.25) is 5.15 Å². The standard InChI is InChI=1S/C14H15ClN2S/c1-3-12-16-13(15)10(2)14(17-12)18-9-11-7-5-4-6-8-11/h4-8H,3,9H2,1-2H3. The van der Waals surface area contributed by atoms with Gasteiger partial charge in [-0.3, -0.25) is 0 Å². The highest BCUT2D eigenvalue weighted by atomic mass is 35.5. The molecule has 0 bridgehead atoms. The van der Waals surface area contributed by atoms with E-state index in [-0.39, 0.29) is 0 Å². The van der Waals surface area contributed by atoms with E-state index in [2.05, 4.69) is 22.1 Å². The van der Waals surface area contributed by atoms with E-state index in [1.54, 1.807) is 11.8 Å². The topological polar surface area (TPSA) is 25.8 Å². The number of benzene rings is 1. The summed E-state index contributed by atoms with van der Waals surface area (Å²) < 4.78 is 0. The Labute approximate surface area is 117 Å². The first-order valence-electron chi connectivity index (χ1n) is 5.90. The Morgan fingerprint density at radius 3 is 2.56 bits per heavy atom. The van der Waals surface area contributed by atoms with E-state index in [4.69, 9.17) is 11.6 Å². The predicted molar refractivity (Wildman–Crippen MR) is 77.2 cm³/mol. The van der Waals surface area contributed by atoms with Crippen LogP contribution in [0.1, 0.15) is 23.9 Å². The van der Waals surface area contributed by atoms with Crippen LogP contribution in [0.25, 0.3) is 0 Å². The first-order valence-corrected chi connectivity index (χ1v) is 7.26. The van der Waals surface area contributed by atoms with Crippen LogP contribution in [0.3, 0.4) is 0 Å². The molecule has 0 saturated heterocycles. The van der Waals surface area contributed by atoms with Crippen LogP contribution >= 0.6 is 23.4 Å². The lowest BCUT2D eigenvalue weighted by Gasteiger charge is -2.08. The molecule has 0 aliphatic carbocycles. The molecular weight excluding hydrogens is 264 g/mol. The molecule has 2 nitrogen and oxygen atoms in total. The van der Waals surface area contributed by atoms with E-state index in [9.17, 15) is 0 Å². The van der Waals surface area contributed by atoms with Gasteiger partial charge in [0.2, 0.25) is 0 Å². The first-order chi connectivity index (χ1) is 8.70. The van der Waals surface area contributed by atoms with Crippen molar-refractivity contribution in [3.8, 4) is 0 Å². The minimum atomic E-state index is 0.567. The van der Waals surface area contributed by atoms with Crippen LogP contribution in [0, 0.1) is 6.92 Å². The predicted octanol–water partition coefficient (Wildman–Crippen LogP) is 4.29. The lowest BCUT2D eigenvalue weighted by atomic mass is 10.2. The van der Waals surface area contributed by atoms with Crippen molar-refractivity contribution in [3.63, 3.8) is 0 Å². The van der Waals surface area contributed by atoms with Gasteiger partial charge < -0.3 is 0 Å². The van der Waals surface area contributed by atoms with Gasteiger partial charge in [-0.05, 0) is 12.5 Å². The summed E-state index contributed by atoms with van der Waals surface area (Å²) in [5.41, 5.74) is 2.25. The van der Waals surface area contributed by atoms with E-state index in [0.717, 1.165) is 28.6 Å². The maximum absolute atomic E-state index is 6.12. The van der Waals surface area contributed by atoms with Gasteiger partial charge in [-0.25, -0.2) is 9.97 Å². The second kappa shape index (κ2) is 6.21. The molecule has 0 aliphatic heterocycles. The van der Waals surface area contributed by atoms with Gasteiger partial charge in [0.25, 0.3) is 0 Å². The maximum atomic E-state index is 6.12. The largest absolute Gasteiger partial charge is 0.226 e. The number of aromatic nitrogens is 2. The summed E-state index contributed by atoms with van der Waals surface area (Å²) in [7, 11) is 0. The van der Waals surface area contributed by atoms with Gasteiger partial charge in [0.05, 0.1) is 0 Å². The first kappa shape index (κ1) is 13.4. The van der Waals surface area contributed by atoms with Crippen molar-refractivity contribution >= 4 is 23.4 Å². The molecular formula is C14H15ClN2S. The van der Waals surface area contributed by atoms with E-state index in [0.29, 0.717) is 5.15 Å². The molecule has 18 heavy (non-hydrogen) atoms. The molecule has 2 aromatic rings. The van der Waals surface area contributed by atoms with Gasteiger partial charge in [0.1, 0.15) is 16.0 Å². The Morgan fingerprint density at radius 1 is 1.17 bits per heavy atom. The number of hydrogen-bond acceptors (Lipinski definition) is 3. The van der Waals surface area contributed by atoms with Crippen molar-refractivity contribution in [1.82, 2.24) is 9.97 Å². The Balaban J connectivity index is 2.16. The zero-order valence-corrected chi connectivity index (χ0v) is 12.1. The summed E-state index contributed by atoms with van der Waals surface area (Å²) in [6.07, 6.45) is 0.804. The number of hydrogen-bond donors (Lipinski definition) is 0. The third-order valence-corrected chi connectivity index (χ3v) is 4.14. The van der Waals surface area contributed by atoms with E-state index >= 15 is 0 Å². The van der Waals surface area contributed by atoms with Crippen molar-refractivity contribution < 1.29 is 0 Å². The van der Waals surface area contributed by atoms with Gasteiger partial charge >= 0.3 is 0 Å². The molecule has 0 radical (unpaired) electrons. The number of thioether (sulfide) groups is 1. The summed E-state index contributed by atoms with van der Waals surface area (Å²) in [4.78, 5) is 8.78. The van der Waals surface area contributed by atoms with Gasteiger partial charge in [-0.15, -0.1) is 11.8 Å². The van der Waals surface area contributed by atoms with Gasteiger partial charge in [-0.1, -0.05) is 48.9 Å². The van der Waals surface area contributed by atoms with Crippen molar-refractivity contribution in [2.75, 3.05) is 0 Å². The Hall–Kier alpha value is -1.06. The minimum Gasteiger partial charge on any atom is -0.226 e. The summed E-state index contributed by atoms with van der Waals surface area (Å²) in [6.45, 7) is 4.00. The highest BCUT2D eigenvalue weighted by Gasteiger charge is 2.09. The molecule has 4 heteroatoms. The lowest BCUT2D eigenvalue weighted by molar-refractivity contribution is 0.871. The molecule has 0 N–H and O–H groups in total. The van der Waals surface area contributed by atoms with Crippen LogP contribution in [0.5, 0.6) is 0 Å². The van der Waals surface area contributed by atoms with Crippen LogP contribution in [0.15, 0.2) is 35.4 Å². The Bertz CT molecular complexity index is 529. The molecule has 0 saturated carbocycles.